The molecule has 1 aliphatic carbocycles. The first kappa shape index (κ1) is 18.4. The molecule has 1 aromatic heterocycles. The summed E-state index contributed by atoms with van der Waals surface area (Å²) in [4.78, 5) is 9.43. The van der Waals surface area contributed by atoms with Gasteiger partial charge in [0.25, 0.3) is 0 Å². The Hall–Kier alpha value is -1.41. The van der Waals surface area contributed by atoms with Crippen LogP contribution in [0.4, 0.5) is 0 Å². The molecule has 1 aromatic carbocycles. The number of aromatic nitrogens is 2. The van der Waals surface area contributed by atoms with Crippen LogP contribution in [0.5, 0.6) is 0 Å². The Bertz CT molecular complexity index is 666. The van der Waals surface area contributed by atoms with E-state index in [1.165, 1.54) is 62.6 Å². The Labute approximate surface area is 157 Å². The molecule has 1 aliphatic rings. The Morgan fingerprint density at radius 3 is 2.60 bits per heavy atom. The van der Waals surface area contributed by atoms with Crippen molar-refractivity contribution >= 4 is 11.6 Å². The maximum absolute atomic E-state index is 5.97. The number of fused-ring (bicyclic) bond motifs is 1. The zero-order valence-electron chi connectivity index (χ0n) is 15.3. The lowest BCUT2D eigenvalue weighted by Crippen LogP contribution is -2.16. The summed E-state index contributed by atoms with van der Waals surface area (Å²) in [6.07, 6.45) is 15.3. The molecular formula is C22H29ClN2. The van der Waals surface area contributed by atoms with Crippen LogP contribution in [0.2, 0.25) is 5.02 Å². The van der Waals surface area contributed by atoms with E-state index in [0.717, 1.165) is 35.2 Å². The molecule has 0 bridgehead atoms. The highest BCUT2D eigenvalue weighted by atomic mass is 35.5. The van der Waals surface area contributed by atoms with E-state index >= 15 is 0 Å². The molecule has 134 valence electrons. The highest BCUT2D eigenvalue weighted by Crippen LogP contribution is 2.29. The van der Waals surface area contributed by atoms with Crippen LogP contribution in [-0.2, 0) is 12.8 Å². The van der Waals surface area contributed by atoms with E-state index in [1.807, 2.05) is 24.3 Å². The van der Waals surface area contributed by atoms with Crippen LogP contribution in [0.3, 0.4) is 0 Å². The van der Waals surface area contributed by atoms with Crippen molar-refractivity contribution in [3.05, 3.63) is 46.7 Å². The fourth-order valence-corrected chi connectivity index (χ4v) is 3.91. The zero-order valence-corrected chi connectivity index (χ0v) is 16.1. The SMILES string of the molecule is CCCCCCCCC1CCc2nc(-c3ccc(Cl)cc3)ncc2C1. The monoisotopic (exact) mass is 356 g/mol. The zero-order chi connectivity index (χ0) is 17.5. The first-order valence-electron chi connectivity index (χ1n) is 9.87. The molecule has 1 atom stereocenters. The fraction of sp³-hybridized carbons (Fsp3) is 0.545. The van der Waals surface area contributed by atoms with Crippen molar-refractivity contribution in [2.24, 2.45) is 5.92 Å². The van der Waals surface area contributed by atoms with Gasteiger partial charge in [-0.2, -0.15) is 0 Å². The Kier molecular flexibility index (Phi) is 6.86. The summed E-state index contributed by atoms with van der Waals surface area (Å²) in [6, 6.07) is 7.79. The molecule has 25 heavy (non-hydrogen) atoms. The number of aryl methyl sites for hydroxylation is 1. The standard InChI is InChI=1S/C22H29ClN2/c1-2-3-4-5-6-7-8-17-9-14-21-19(15-17)16-24-22(25-21)18-10-12-20(23)13-11-18/h10-13,16-17H,2-9,14-15H2,1H3. The lowest BCUT2D eigenvalue weighted by molar-refractivity contribution is 0.400. The third-order valence-electron chi connectivity index (χ3n) is 5.32. The van der Waals surface area contributed by atoms with E-state index in [9.17, 15) is 0 Å². The summed E-state index contributed by atoms with van der Waals surface area (Å²) < 4.78 is 0. The maximum atomic E-state index is 5.97. The van der Waals surface area contributed by atoms with Crippen molar-refractivity contribution in [3.8, 4) is 11.4 Å². The molecule has 0 saturated carbocycles. The number of benzene rings is 1. The molecule has 2 aromatic rings. The van der Waals surface area contributed by atoms with Crippen LogP contribution in [0, 0.1) is 5.92 Å². The summed E-state index contributed by atoms with van der Waals surface area (Å²) in [5.74, 6) is 1.65. The summed E-state index contributed by atoms with van der Waals surface area (Å²) in [5.41, 5.74) is 3.65. The van der Waals surface area contributed by atoms with E-state index in [0.29, 0.717) is 0 Å². The molecule has 0 amide bonds. The van der Waals surface area contributed by atoms with Crippen LogP contribution in [0.25, 0.3) is 11.4 Å². The van der Waals surface area contributed by atoms with Gasteiger partial charge in [0, 0.05) is 22.5 Å². The van der Waals surface area contributed by atoms with Crippen molar-refractivity contribution < 1.29 is 0 Å². The van der Waals surface area contributed by atoms with Gasteiger partial charge in [-0.1, -0.05) is 63.5 Å². The molecule has 0 saturated heterocycles. The van der Waals surface area contributed by atoms with E-state index in [4.69, 9.17) is 16.6 Å². The smallest absolute Gasteiger partial charge is 0.159 e. The van der Waals surface area contributed by atoms with Crippen LogP contribution in [0.1, 0.15) is 69.5 Å². The van der Waals surface area contributed by atoms with Gasteiger partial charge in [-0.15, -0.1) is 0 Å². The largest absolute Gasteiger partial charge is 0.236 e. The minimum Gasteiger partial charge on any atom is -0.236 e. The molecule has 2 nitrogen and oxygen atoms in total. The van der Waals surface area contributed by atoms with Gasteiger partial charge in [0.1, 0.15) is 0 Å². The Morgan fingerprint density at radius 1 is 1.04 bits per heavy atom. The predicted molar refractivity (Wildman–Crippen MR) is 106 cm³/mol. The van der Waals surface area contributed by atoms with Gasteiger partial charge < -0.3 is 0 Å². The fourth-order valence-electron chi connectivity index (χ4n) is 3.78. The van der Waals surface area contributed by atoms with Gasteiger partial charge in [-0.3, -0.25) is 0 Å². The molecular weight excluding hydrogens is 328 g/mol. The molecule has 0 N–H and O–H groups in total. The Balaban J connectivity index is 1.53. The average molecular weight is 357 g/mol. The van der Waals surface area contributed by atoms with Gasteiger partial charge in [0.2, 0.25) is 0 Å². The van der Waals surface area contributed by atoms with E-state index in [2.05, 4.69) is 18.1 Å². The average Bonchev–Trinajstić information content (AvgIpc) is 2.65. The van der Waals surface area contributed by atoms with E-state index in [1.54, 1.807) is 0 Å². The molecule has 0 radical (unpaired) electrons. The van der Waals surface area contributed by atoms with Gasteiger partial charge >= 0.3 is 0 Å². The van der Waals surface area contributed by atoms with Crippen molar-refractivity contribution in [1.29, 1.82) is 0 Å². The third kappa shape index (κ3) is 5.28. The van der Waals surface area contributed by atoms with Crippen molar-refractivity contribution in [2.75, 3.05) is 0 Å². The number of hydrogen-bond donors (Lipinski definition) is 0. The van der Waals surface area contributed by atoms with Gasteiger partial charge in [0.15, 0.2) is 5.82 Å². The van der Waals surface area contributed by atoms with Gasteiger partial charge in [-0.25, -0.2) is 9.97 Å². The van der Waals surface area contributed by atoms with Crippen molar-refractivity contribution in [2.45, 2.75) is 71.1 Å². The molecule has 1 heterocycles. The second-order valence-corrected chi connectivity index (χ2v) is 7.77. The molecule has 1 unspecified atom stereocenters. The minimum absolute atomic E-state index is 0.749. The van der Waals surface area contributed by atoms with Gasteiger partial charge in [-0.05, 0) is 55.0 Å². The number of hydrogen-bond acceptors (Lipinski definition) is 2. The molecule has 0 spiro atoms. The van der Waals surface area contributed by atoms with Crippen molar-refractivity contribution in [1.82, 2.24) is 9.97 Å². The highest BCUT2D eigenvalue weighted by Gasteiger charge is 2.20. The van der Waals surface area contributed by atoms with Crippen LogP contribution in [-0.4, -0.2) is 9.97 Å². The second-order valence-electron chi connectivity index (χ2n) is 7.34. The quantitative estimate of drug-likeness (QED) is 0.494. The lowest BCUT2D eigenvalue weighted by Gasteiger charge is -2.24. The number of nitrogens with zero attached hydrogens (tertiary/aromatic N) is 2. The Morgan fingerprint density at radius 2 is 1.80 bits per heavy atom. The summed E-state index contributed by atoms with van der Waals surface area (Å²) in [5, 5.41) is 0.749. The topological polar surface area (TPSA) is 25.8 Å². The lowest BCUT2D eigenvalue weighted by atomic mass is 9.84. The van der Waals surface area contributed by atoms with Crippen LogP contribution >= 0.6 is 11.6 Å². The normalized spacial score (nSPS) is 16.6. The number of unbranched alkanes of at least 4 members (excludes halogenated alkanes) is 5. The highest BCUT2D eigenvalue weighted by molar-refractivity contribution is 6.30. The van der Waals surface area contributed by atoms with E-state index < -0.39 is 0 Å². The second kappa shape index (κ2) is 9.33. The summed E-state index contributed by atoms with van der Waals surface area (Å²) >= 11 is 5.97. The first-order valence-corrected chi connectivity index (χ1v) is 10.2. The third-order valence-corrected chi connectivity index (χ3v) is 5.57. The molecule has 0 fully saturated rings. The van der Waals surface area contributed by atoms with E-state index in [-0.39, 0.29) is 0 Å². The molecule has 0 aliphatic heterocycles. The van der Waals surface area contributed by atoms with Crippen molar-refractivity contribution in [3.63, 3.8) is 0 Å². The minimum atomic E-state index is 0.749. The van der Waals surface area contributed by atoms with Crippen LogP contribution in [0.15, 0.2) is 30.5 Å². The number of rotatable bonds is 8. The summed E-state index contributed by atoms with van der Waals surface area (Å²) in [7, 11) is 0. The molecule has 3 heteroatoms. The molecule has 3 rings (SSSR count). The number of halogens is 1. The first-order chi connectivity index (χ1) is 12.3. The maximum Gasteiger partial charge on any atom is 0.159 e. The van der Waals surface area contributed by atoms with Gasteiger partial charge in [0.05, 0.1) is 0 Å². The van der Waals surface area contributed by atoms with Crippen LogP contribution < -0.4 is 0 Å². The predicted octanol–water partition coefficient (Wildman–Crippen LogP) is 6.65. The summed E-state index contributed by atoms with van der Waals surface area (Å²) in [6.45, 7) is 2.28.